The van der Waals surface area contributed by atoms with Gasteiger partial charge in [-0.15, -0.1) is 24.0 Å². The number of rotatable bonds is 9. The number of hydrogen-bond donors (Lipinski definition) is 2. The molecular formula is C15H26IN3O3. The first kappa shape index (κ1) is 20.9. The fraction of sp³-hybridized carbons (Fsp3) is 0.533. The molecule has 0 heterocycles. The molecule has 126 valence electrons. The van der Waals surface area contributed by atoms with Gasteiger partial charge in [-0.2, -0.15) is 0 Å². The van der Waals surface area contributed by atoms with Crippen LogP contribution in [0.25, 0.3) is 0 Å². The first-order chi connectivity index (χ1) is 10.2. The molecule has 3 N–H and O–H groups in total. The maximum Gasteiger partial charge on any atom is 0.188 e. The Hall–Kier alpha value is -1.06. The van der Waals surface area contributed by atoms with Crippen LogP contribution in [0.3, 0.4) is 0 Å². The Morgan fingerprint density at radius 2 is 1.95 bits per heavy atom. The molecule has 0 spiro atoms. The highest BCUT2D eigenvalue weighted by Crippen LogP contribution is 2.11. The van der Waals surface area contributed by atoms with E-state index < -0.39 is 0 Å². The summed E-state index contributed by atoms with van der Waals surface area (Å²) in [6, 6.07) is 7.92. The van der Waals surface area contributed by atoms with Gasteiger partial charge in [-0.05, 0) is 24.6 Å². The SMILES string of the molecule is COCC(C)NC(N)=NCCOCc1ccc(OC)cc1.I. The van der Waals surface area contributed by atoms with E-state index in [0.29, 0.717) is 32.3 Å². The smallest absolute Gasteiger partial charge is 0.188 e. The number of ether oxygens (including phenoxy) is 3. The van der Waals surface area contributed by atoms with Crippen molar-refractivity contribution in [1.82, 2.24) is 5.32 Å². The Morgan fingerprint density at radius 3 is 2.55 bits per heavy atom. The van der Waals surface area contributed by atoms with Gasteiger partial charge < -0.3 is 25.3 Å². The average Bonchev–Trinajstić information content (AvgIpc) is 2.47. The molecule has 7 heteroatoms. The number of nitrogens with two attached hydrogens (primary N) is 1. The number of aliphatic imine (C=N–C) groups is 1. The van der Waals surface area contributed by atoms with Crippen molar-refractivity contribution in [1.29, 1.82) is 0 Å². The largest absolute Gasteiger partial charge is 0.497 e. The van der Waals surface area contributed by atoms with Crippen LogP contribution >= 0.6 is 24.0 Å². The van der Waals surface area contributed by atoms with Crippen molar-refractivity contribution in [3.63, 3.8) is 0 Å². The van der Waals surface area contributed by atoms with Gasteiger partial charge >= 0.3 is 0 Å². The zero-order chi connectivity index (χ0) is 15.5. The van der Waals surface area contributed by atoms with Crippen molar-refractivity contribution < 1.29 is 14.2 Å². The average molecular weight is 423 g/mol. The zero-order valence-electron chi connectivity index (χ0n) is 13.4. The lowest BCUT2D eigenvalue weighted by Gasteiger charge is -2.13. The molecule has 0 bridgehead atoms. The molecule has 0 aliphatic carbocycles. The van der Waals surface area contributed by atoms with Crippen LogP contribution in [0.2, 0.25) is 0 Å². The summed E-state index contributed by atoms with van der Waals surface area (Å²) in [4.78, 5) is 4.19. The molecule has 0 radical (unpaired) electrons. The number of halogens is 1. The second-order valence-electron chi connectivity index (χ2n) is 4.67. The number of hydrogen-bond acceptors (Lipinski definition) is 4. The molecule has 0 saturated heterocycles. The molecule has 22 heavy (non-hydrogen) atoms. The summed E-state index contributed by atoms with van der Waals surface area (Å²) in [6.45, 7) is 4.16. The molecule has 1 aromatic carbocycles. The second-order valence-corrected chi connectivity index (χ2v) is 4.67. The number of nitrogens with zero attached hydrogens (tertiary/aromatic N) is 1. The fourth-order valence-electron chi connectivity index (χ4n) is 1.73. The van der Waals surface area contributed by atoms with Crippen LogP contribution in [0.5, 0.6) is 5.75 Å². The minimum atomic E-state index is 0. The van der Waals surface area contributed by atoms with Crippen molar-refractivity contribution in [3.8, 4) is 5.75 Å². The van der Waals surface area contributed by atoms with E-state index in [0.717, 1.165) is 11.3 Å². The van der Waals surface area contributed by atoms with Gasteiger partial charge in [0.25, 0.3) is 0 Å². The maximum atomic E-state index is 5.74. The molecule has 0 aromatic heterocycles. The molecule has 1 aromatic rings. The van der Waals surface area contributed by atoms with Crippen LogP contribution in [0.1, 0.15) is 12.5 Å². The Kier molecular flexibility index (Phi) is 11.9. The van der Waals surface area contributed by atoms with E-state index in [-0.39, 0.29) is 30.0 Å². The molecule has 0 aliphatic rings. The van der Waals surface area contributed by atoms with Crippen molar-refractivity contribution in [2.75, 3.05) is 34.0 Å². The zero-order valence-corrected chi connectivity index (χ0v) is 15.7. The Balaban J connectivity index is 0.00000441. The van der Waals surface area contributed by atoms with Gasteiger partial charge in [0, 0.05) is 13.2 Å². The van der Waals surface area contributed by atoms with Crippen LogP contribution in [0.15, 0.2) is 29.3 Å². The van der Waals surface area contributed by atoms with Gasteiger partial charge in [-0.1, -0.05) is 12.1 Å². The van der Waals surface area contributed by atoms with E-state index in [4.69, 9.17) is 19.9 Å². The van der Waals surface area contributed by atoms with Crippen molar-refractivity contribution >= 4 is 29.9 Å². The summed E-state index contributed by atoms with van der Waals surface area (Å²) in [6.07, 6.45) is 0. The van der Waals surface area contributed by atoms with Gasteiger partial charge in [0.15, 0.2) is 5.96 Å². The number of methoxy groups -OCH3 is 2. The normalized spacial score (nSPS) is 12.4. The van der Waals surface area contributed by atoms with Gasteiger partial charge in [0.1, 0.15) is 5.75 Å². The van der Waals surface area contributed by atoms with E-state index in [1.807, 2.05) is 31.2 Å². The highest BCUT2D eigenvalue weighted by molar-refractivity contribution is 14.0. The Bertz CT molecular complexity index is 427. The summed E-state index contributed by atoms with van der Waals surface area (Å²) in [5.41, 5.74) is 6.84. The highest BCUT2D eigenvalue weighted by Gasteiger charge is 2.01. The van der Waals surface area contributed by atoms with E-state index >= 15 is 0 Å². The first-order valence-electron chi connectivity index (χ1n) is 6.91. The predicted octanol–water partition coefficient (Wildman–Crippen LogP) is 1.77. The fourth-order valence-corrected chi connectivity index (χ4v) is 1.73. The van der Waals surface area contributed by atoms with Gasteiger partial charge in [-0.3, -0.25) is 4.99 Å². The lowest BCUT2D eigenvalue weighted by atomic mass is 10.2. The van der Waals surface area contributed by atoms with E-state index in [1.165, 1.54) is 0 Å². The maximum absolute atomic E-state index is 5.74. The molecule has 0 saturated carbocycles. The quantitative estimate of drug-likeness (QED) is 0.274. The van der Waals surface area contributed by atoms with Crippen molar-refractivity contribution in [2.45, 2.75) is 19.6 Å². The molecule has 0 amide bonds. The minimum Gasteiger partial charge on any atom is -0.497 e. The third-order valence-electron chi connectivity index (χ3n) is 2.76. The van der Waals surface area contributed by atoms with Gasteiger partial charge in [0.05, 0.1) is 33.5 Å². The summed E-state index contributed by atoms with van der Waals surface area (Å²) in [5, 5.41) is 3.04. The van der Waals surface area contributed by atoms with Crippen LogP contribution in [0, 0.1) is 0 Å². The molecule has 0 fully saturated rings. The lowest BCUT2D eigenvalue weighted by molar-refractivity contribution is 0.128. The van der Waals surface area contributed by atoms with Gasteiger partial charge in [-0.25, -0.2) is 0 Å². The van der Waals surface area contributed by atoms with Crippen LogP contribution < -0.4 is 15.8 Å². The Labute approximate surface area is 149 Å². The lowest BCUT2D eigenvalue weighted by Crippen LogP contribution is -2.40. The monoisotopic (exact) mass is 423 g/mol. The molecule has 1 rings (SSSR count). The molecule has 6 nitrogen and oxygen atoms in total. The number of nitrogens with one attached hydrogen (secondary N) is 1. The van der Waals surface area contributed by atoms with Crippen LogP contribution in [0.4, 0.5) is 0 Å². The van der Waals surface area contributed by atoms with Crippen molar-refractivity contribution in [3.05, 3.63) is 29.8 Å². The molecule has 1 unspecified atom stereocenters. The second kappa shape index (κ2) is 12.5. The summed E-state index contributed by atoms with van der Waals surface area (Å²) >= 11 is 0. The third kappa shape index (κ3) is 9.06. The summed E-state index contributed by atoms with van der Waals surface area (Å²) in [7, 11) is 3.30. The van der Waals surface area contributed by atoms with E-state index in [9.17, 15) is 0 Å². The van der Waals surface area contributed by atoms with E-state index in [1.54, 1.807) is 14.2 Å². The predicted molar refractivity (Wildman–Crippen MR) is 99.0 cm³/mol. The standard InChI is InChI=1S/C15H25N3O3.HI/c1-12(10-19-2)18-15(16)17-8-9-21-11-13-4-6-14(20-3)7-5-13;/h4-7,12H,8-11H2,1-3H3,(H3,16,17,18);1H. The van der Waals surface area contributed by atoms with Crippen LogP contribution in [-0.2, 0) is 16.1 Å². The van der Waals surface area contributed by atoms with Crippen molar-refractivity contribution in [2.24, 2.45) is 10.7 Å². The molecular weight excluding hydrogens is 397 g/mol. The van der Waals surface area contributed by atoms with E-state index in [2.05, 4.69) is 10.3 Å². The van der Waals surface area contributed by atoms with Gasteiger partial charge in [0.2, 0.25) is 0 Å². The van der Waals surface area contributed by atoms with Crippen LogP contribution in [-0.4, -0.2) is 46.0 Å². The topological polar surface area (TPSA) is 78.1 Å². The Morgan fingerprint density at radius 1 is 1.27 bits per heavy atom. The number of guanidine groups is 1. The molecule has 1 atom stereocenters. The number of benzene rings is 1. The summed E-state index contributed by atoms with van der Waals surface area (Å²) < 4.78 is 15.6. The first-order valence-corrected chi connectivity index (χ1v) is 6.91. The third-order valence-corrected chi connectivity index (χ3v) is 2.76. The molecule has 0 aliphatic heterocycles. The minimum absolute atomic E-state index is 0. The summed E-state index contributed by atoms with van der Waals surface area (Å²) in [5.74, 6) is 1.25. The highest BCUT2D eigenvalue weighted by atomic mass is 127.